The lowest BCUT2D eigenvalue weighted by Crippen LogP contribution is -2.33. The number of aromatic nitrogens is 1. The fourth-order valence-corrected chi connectivity index (χ4v) is 2.23. The molecule has 0 radical (unpaired) electrons. The van der Waals surface area contributed by atoms with E-state index in [4.69, 9.17) is 0 Å². The van der Waals surface area contributed by atoms with Crippen LogP contribution in [0.1, 0.15) is 30.9 Å². The van der Waals surface area contributed by atoms with E-state index in [1.807, 2.05) is 42.5 Å². The van der Waals surface area contributed by atoms with Gasteiger partial charge in [0, 0.05) is 18.9 Å². The van der Waals surface area contributed by atoms with Gasteiger partial charge in [-0.25, -0.2) is 0 Å². The first-order valence-corrected chi connectivity index (χ1v) is 7.38. The van der Waals surface area contributed by atoms with Crippen molar-refractivity contribution >= 4 is 5.91 Å². The quantitative estimate of drug-likeness (QED) is 0.884. The molecule has 1 aromatic heterocycles. The Morgan fingerprint density at radius 1 is 1.10 bits per heavy atom. The summed E-state index contributed by atoms with van der Waals surface area (Å²) in [4.78, 5) is 16.6. The van der Waals surface area contributed by atoms with Gasteiger partial charge in [0.2, 0.25) is 5.91 Å². The maximum atomic E-state index is 12.5. The van der Waals surface area contributed by atoms with Crippen LogP contribution in [0.2, 0.25) is 0 Å². The number of nitrogens with one attached hydrogen (secondary N) is 1. The predicted octanol–water partition coefficient (Wildman–Crippen LogP) is 3.18. The highest BCUT2D eigenvalue weighted by Crippen LogP contribution is 2.21. The van der Waals surface area contributed by atoms with Gasteiger partial charge < -0.3 is 5.32 Å². The molecule has 1 atom stereocenters. The molecule has 21 heavy (non-hydrogen) atoms. The van der Waals surface area contributed by atoms with Crippen LogP contribution in [0.25, 0.3) is 0 Å². The maximum absolute atomic E-state index is 12.5. The summed E-state index contributed by atoms with van der Waals surface area (Å²) >= 11 is 0. The van der Waals surface area contributed by atoms with Gasteiger partial charge in [-0.05, 0) is 35.6 Å². The minimum absolute atomic E-state index is 0.0895. The van der Waals surface area contributed by atoms with Crippen molar-refractivity contribution in [2.45, 2.75) is 26.2 Å². The summed E-state index contributed by atoms with van der Waals surface area (Å²) in [7, 11) is 0. The summed E-state index contributed by atoms with van der Waals surface area (Å²) in [5.41, 5.74) is 2.18. The van der Waals surface area contributed by atoms with E-state index in [2.05, 4.69) is 24.1 Å². The molecule has 0 saturated heterocycles. The van der Waals surface area contributed by atoms with Gasteiger partial charge >= 0.3 is 0 Å². The third-order valence-electron chi connectivity index (χ3n) is 3.39. The zero-order chi connectivity index (χ0) is 15.1. The number of carbonyl (C=O) groups excluding carboxylic acids is 1. The molecule has 3 nitrogen and oxygen atoms in total. The lowest BCUT2D eigenvalue weighted by Gasteiger charge is -2.18. The molecule has 3 heteroatoms. The summed E-state index contributed by atoms with van der Waals surface area (Å²) in [6, 6.07) is 13.9. The molecule has 1 aromatic carbocycles. The second-order valence-electron chi connectivity index (χ2n) is 5.66. The lowest BCUT2D eigenvalue weighted by molar-refractivity contribution is -0.122. The number of nitrogens with zero attached hydrogens (tertiary/aromatic N) is 1. The lowest BCUT2D eigenvalue weighted by atomic mass is 9.91. The first kappa shape index (κ1) is 15.2. The van der Waals surface area contributed by atoms with Crippen molar-refractivity contribution in [1.29, 1.82) is 0 Å². The molecule has 0 aliphatic heterocycles. The van der Waals surface area contributed by atoms with E-state index >= 15 is 0 Å². The number of hydrogen-bond acceptors (Lipinski definition) is 2. The van der Waals surface area contributed by atoms with Crippen LogP contribution in [0.5, 0.6) is 0 Å². The minimum Gasteiger partial charge on any atom is -0.355 e. The average molecular weight is 282 g/mol. The maximum Gasteiger partial charge on any atom is 0.227 e. The molecule has 2 rings (SSSR count). The number of carbonyl (C=O) groups is 1. The summed E-state index contributed by atoms with van der Waals surface area (Å²) in [6.45, 7) is 4.90. The van der Waals surface area contributed by atoms with Crippen molar-refractivity contribution < 1.29 is 4.79 Å². The van der Waals surface area contributed by atoms with E-state index in [-0.39, 0.29) is 11.8 Å². The Kier molecular flexibility index (Phi) is 5.50. The molecule has 1 heterocycles. The summed E-state index contributed by atoms with van der Waals surface area (Å²) < 4.78 is 0. The zero-order valence-electron chi connectivity index (χ0n) is 12.6. The normalized spacial score (nSPS) is 12.1. The molecular weight excluding hydrogens is 260 g/mol. The Bertz CT molecular complexity index is 552. The van der Waals surface area contributed by atoms with Gasteiger partial charge in [0.15, 0.2) is 0 Å². The van der Waals surface area contributed by atoms with Gasteiger partial charge in [-0.1, -0.05) is 44.2 Å². The third-order valence-corrected chi connectivity index (χ3v) is 3.39. The molecule has 0 bridgehead atoms. The van der Waals surface area contributed by atoms with Crippen LogP contribution in [0, 0.1) is 5.92 Å². The van der Waals surface area contributed by atoms with Crippen molar-refractivity contribution in [3.05, 3.63) is 66.0 Å². The van der Waals surface area contributed by atoms with Crippen LogP contribution in [0.15, 0.2) is 54.9 Å². The summed E-state index contributed by atoms with van der Waals surface area (Å²) in [5.74, 6) is 0.380. The van der Waals surface area contributed by atoms with E-state index in [0.29, 0.717) is 18.9 Å². The molecule has 1 amide bonds. The van der Waals surface area contributed by atoms with E-state index in [1.165, 1.54) is 0 Å². The molecule has 0 spiro atoms. The van der Waals surface area contributed by atoms with Crippen LogP contribution in [-0.2, 0) is 11.2 Å². The van der Waals surface area contributed by atoms with E-state index < -0.39 is 0 Å². The van der Waals surface area contributed by atoms with Crippen molar-refractivity contribution in [2.24, 2.45) is 5.92 Å². The minimum atomic E-state index is -0.160. The molecule has 2 aromatic rings. The summed E-state index contributed by atoms with van der Waals surface area (Å²) in [5, 5.41) is 3.05. The Labute approximate surface area is 126 Å². The highest BCUT2D eigenvalue weighted by molar-refractivity contribution is 5.84. The van der Waals surface area contributed by atoms with Crippen LogP contribution < -0.4 is 5.32 Å². The van der Waals surface area contributed by atoms with Crippen molar-refractivity contribution in [1.82, 2.24) is 10.3 Å². The van der Waals surface area contributed by atoms with Gasteiger partial charge in [0.25, 0.3) is 0 Å². The van der Waals surface area contributed by atoms with Gasteiger partial charge in [0.1, 0.15) is 0 Å². The second kappa shape index (κ2) is 7.58. The third kappa shape index (κ3) is 4.71. The molecule has 1 unspecified atom stereocenters. The van der Waals surface area contributed by atoms with Crippen molar-refractivity contribution in [2.75, 3.05) is 6.54 Å². The fourth-order valence-electron chi connectivity index (χ4n) is 2.23. The molecule has 0 fully saturated rings. The second-order valence-corrected chi connectivity index (χ2v) is 5.66. The molecule has 110 valence electrons. The number of rotatable bonds is 6. The SMILES string of the molecule is CC(C)CNC(=O)C(Cc1ccncc1)c1ccccc1. The monoisotopic (exact) mass is 282 g/mol. The van der Waals surface area contributed by atoms with Gasteiger partial charge in [-0.3, -0.25) is 9.78 Å². The van der Waals surface area contributed by atoms with Gasteiger partial charge in [-0.2, -0.15) is 0 Å². The van der Waals surface area contributed by atoms with E-state index in [1.54, 1.807) is 12.4 Å². The molecule has 0 aliphatic rings. The largest absolute Gasteiger partial charge is 0.355 e. The van der Waals surface area contributed by atoms with E-state index in [0.717, 1.165) is 11.1 Å². The molecule has 1 N–H and O–H groups in total. The average Bonchev–Trinajstić information content (AvgIpc) is 2.52. The van der Waals surface area contributed by atoms with Crippen LogP contribution in [0.4, 0.5) is 0 Å². The van der Waals surface area contributed by atoms with Crippen molar-refractivity contribution in [3.8, 4) is 0 Å². The molecule has 0 aliphatic carbocycles. The topological polar surface area (TPSA) is 42.0 Å². The van der Waals surface area contributed by atoms with Crippen molar-refractivity contribution in [3.63, 3.8) is 0 Å². The van der Waals surface area contributed by atoms with Crippen LogP contribution in [-0.4, -0.2) is 17.4 Å². The molecule has 0 saturated carbocycles. The first-order chi connectivity index (χ1) is 10.2. The zero-order valence-corrected chi connectivity index (χ0v) is 12.6. The van der Waals surface area contributed by atoms with Crippen LogP contribution in [0.3, 0.4) is 0 Å². The first-order valence-electron chi connectivity index (χ1n) is 7.38. The Balaban J connectivity index is 2.16. The standard InChI is InChI=1S/C18H22N2O/c1-14(2)13-20-18(21)17(16-6-4-3-5-7-16)12-15-8-10-19-11-9-15/h3-11,14,17H,12-13H2,1-2H3,(H,20,21). The predicted molar refractivity (Wildman–Crippen MR) is 85.0 cm³/mol. The highest BCUT2D eigenvalue weighted by Gasteiger charge is 2.20. The Morgan fingerprint density at radius 3 is 2.38 bits per heavy atom. The number of amides is 1. The number of benzene rings is 1. The number of hydrogen-bond donors (Lipinski definition) is 1. The highest BCUT2D eigenvalue weighted by atomic mass is 16.1. The Morgan fingerprint density at radius 2 is 1.76 bits per heavy atom. The number of pyridine rings is 1. The fraction of sp³-hybridized carbons (Fsp3) is 0.333. The van der Waals surface area contributed by atoms with E-state index in [9.17, 15) is 4.79 Å². The van der Waals surface area contributed by atoms with Gasteiger partial charge in [-0.15, -0.1) is 0 Å². The summed E-state index contributed by atoms with van der Waals surface area (Å²) in [6.07, 6.45) is 4.23. The van der Waals surface area contributed by atoms with Crippen LogP contribution >= 0.6 is 0 Å². The molecular formula is C18H22N2O. The smallest absolute Gasteiger partial charge is 0.227 e. The Hall–Kier alpha value is -2.16. The van der Waals surface area contributed by atoms with Gasteiger partial charge in [0.05, 0.1) is 5.92 Å².